The normalized spacial score (nSPS) is 13.7. The van der Waals surface area contributed by atoms with Gasteiger partial charge in [0.1, 0.15) is 22.8 Å². The van der Waals surface area contributed by atoms with E-state index in [1.54, 1.807) is 12.1 Å². The van der Waals surface area contributed by atoms with Gasteiger partial charge in [-0.25, -0.2) is 4.39 Å². The zero-order valence-corrected chi connectivity index (χ0v) is 13.6. The molecule has 0 radical (unpaired) electrons. The molecule has 1 aromatic heterocycles. The van der Waals surface area contributed by atoms with Crippen molar-refractivity contribution in [2.45, 2.75) is 12.5 Å². The highest BCUT2D eigenvalue weighted by Gasteiger charge is 2.29. The Morgan fingerprint density at radius 2 is 2.04 bits per heavy atom. The van der Waals surface area contributed by atoms with Crippen molar-refractivity contribution < 1.29 is 18.7 Å². The Morgan fingerprint density at radius 3 is 2.75 bits per heavy atom. The van der Waals surface area contributed by atoms with Crippen LogP contribution in [-0.4, -0.2) is 17.6 Å². The van der Waals surface area contributed by atoms with E-state index in [2.05, 4.69) is 5.32 Å². The van der Waals surface area contributed by atoms with Gasteiger partial charge in [-0.05, 0) is 31.2 Å². The van der Waals surface area contributed by atoms with E-state index in [0.29, 0.717) is 11.3 Å². The largest absolute Gasteiger partial charge is 0.458 e. The van der Waals surface area contributed by atoms with Crippen LogP contribution in [0, 0.1) is 5.82 Å². The van der Waals surface area contributed by atoms with Gasteiger partial charge in [-0.15, -0.1) is 0 Å². The van der Waals surface area contributed by atoms with Gasteiger partial charge in [-0.1, -0.05) is 35.9 Å². The molecule has 1 unspecified atom stereocenters. The van der Waals surface area contributed by atoms with Gasteiger partial charge in [-0.2, -0.15) is 0 Å². The zero-order valence-electron chi connectivity index (χ0n) is 12.8. The first-order chi connectivity index (χ1) is 11.4. The van der Waals surface area contributed by atoms with E-state index >= 15 is 0 Å². The second kappa shape index (κ2) is 6.26. The van der Waals surface area contributed by atoms with Crippen LogP contribution in [-0.2, 0) is 5.60 Å². The van der Waals surface area contributed by atoms with Gasteiger partial charge in [0, 0.05) is 5.39 Å². The summed E-state index contributed by atoms with van der Waals surface area (Å²) in [6.07, 6.45) is 0. The number of nitrogens with one attached hydrogen (secondary N) is 1. The number of aliphatic hydroxyl groups is 1. The van der Waals surface area contributed by atoms with E-state index in [1.165, 1.54) is 19.1 Å². The van der Waals surface area contributed by atoms with Crippen molar-refractivity contribution in [2.24, 2.45) is 0 Å². The van der Waals surface area contributed by atoms with Crippen molar-refractivity contribution in [3.63, 3.8) is 0 Å². The zero-order chi connectivity index (χ0) is 17.3. The number of amides is 1. The Hall–Kier alpha value is -2.37. The first-order valence-corrected chi connectivity index (χ1v) is 7.70. The monoisotopic (exact) mass is 347 g/mol. The number of carbonyl (C=O) groups is 1. The van der Waals surface area contributed by atoms with Crippen molar-refractivity contribution in [2.75, 3.05) is 6.54 Å². The molecule has 0 aliphatic carbocycles. The van der Waals surface area contributed by atoms with Crippen molar-refractivity contribution in [3.8, 4) is 0 Å². The minimum absolute atomic E-state index is 0.0101. The molecular formula is C18H15ClFNO3. The fourth-order valence-electron chi connectivity index (χ4n) is 2.39. The number of fused-ring (bicyclic) bond motifs is 1. The fourth-order valence-corrected chi connectivity index (χ4v) is 2.64. The number of hydrogen-bond donors (Lipinski definition) is 2. The minimum Gasteiger partial charge on any atom is -0.458 e. The molecule has 2 aromatic carbocycles. The van der Waals surface area contributed by atoms with Crippen molar-refractivity contribution in [1.82, 2.24) is 5.32 Å². The first kappa shape index (κ1) is 16.5. The van der Waals surface area contributed by atoms with E-state index in [4.69, 9.17) is 16.0 Å². The Bertz CT molecular complexity index is 851. The average Bonchev–Trinajstić information content (AvgIpc) is 2.98. The molecule has 1 amide bonds. The van der Waals surface area contributed by atoms with Crippen LogP contribution in [0.2, 0.25) is 5.02 Å². The van der Waals surface area contributed by atoms with Crippen molar-refractivity contribution >= 4 is 28.5 Å². The maximum Gasteiger partial charge on any atom is 0.255 e. The van der Waals surface area contributed by atoms with Gasteiger partial charge < -0.3 is 14.8 Å². The number of hydrogen-bond acceptors (Lipinski definition) is 3. The summed E-state index contributed by atoms with van der Waals surface area (Å²) in [7, 11) is 0. The lowest BCUT2D eigenvalue weighted by Gasteiger charge is -2.21. The lowest BCUT2D eigenvalue weighted by Crippen LogP contribution is -2.38. The summed E-state index contributed by atoms with van der Waals surface area (Å²) in [4.78, 5) is 12.2. The highest BCUT2D eigenvalue weighted by molar-refractivity contribution is 6.33. The Labute approximate surface area is 142 Å². The summed E-state index contributed by atoms with van der Waals surface area (Å²) < 4.78 is 19.4. The second-order valence-electron chi connectivity index (χ2n) is 5.70. The summed E-state index contributed by atoms with van der Waals surface area (Å²) in [5, 5.41) is 13.9. The van der Waals surface area contributed by atoms with Crippen LogP contribution in [0.1, 0.15) is 23.0 Å². The summed E-state index contributed by atoms with van der Waals surface area (Å²) in [6.45, 7) is 1.35. The third-order valence-electron chi connectivity index (χ3n) is 3.74. The summed E-state index contributed by atoms with van der Waals surface area (Å²) in [5.41, 5.74) is -1.07. The standard InChI is InChI=1S/C18H15ClFNO3/c1-18(23,15-9-11-5-2-3-8-14(11)24-15)10-21-17(22)16-12(19)6-4-7-13(16)20/h2-9,23H,10H2,1H3,(H,21,22). The smallest absolute Gasteiger partial charge is 0.255 e. The predicted octanol–water partition coefficient (Wildman–Crippen LogP) is 3.86. The van der Waals surface area contributed by atoms with E-state index in [-0.39, 0.29) is 17.1 Å². The Morgan fingerprint density at radius 1 is 1.29 bits per heavy atom. The number of benzene rings is 2. The maximum atomic E-state index is 13.8. The number of halogens is 2. The van der Waals surface area contributed by atoms with Gasteiger partial charge in [-0.3, -0.25) is 4.79 Å². The molecule has 1 heterocycles. The topological polar surface area (TPSA) is 62.5 Å². The second-order valence-corrected chi connectivity index (χ2v) is 6.11. The van der Waals surface area contributed by atoms with E-state index in [0.717, 1.165) is 11.5 Å². The maximum absolute atomic E-state index is 13.8. The van der Waals surface area contributed by atoms with Crippen molar-refractivity contribution in [3.05, 3.63) is 70.7 Å². The van der Waals surface area contributed by atoms with Gasteiger partial charge in [0.25, 0.3) is 5.91 Å². The van der Waals surface area contributed by atoms with Crippen LogP contribution in [0.15, 0.2) is 52.9 Å². The van der Waals surface area contributed by atoms with Gasteiger partial charge in [0.05, 0.1) is 17.1 Å². The molecular weight excluding hydrogens is 333 g/mol. The number of para-hydroxylation sites is 1. The summed E-state index contributed by atoms with van der Waals surface area (Å²) in [5.74, 6) is -1.11. The molecule has 0 saturated heterocycles. The van der Waals surface area contributed by atoms with Crippen molar-refractivity contribution in [1.29, 1.82) is 0 Å². The molecule has 0 saturated carbocycles. The van der Waals surface area contributed by atoms with Crippen LogP contribution in [0.25, 0.3) is 11.0 Å². The van der Waals surface area contributed by atoms with Gasteiger partial charge in [0.2, 0.25) is 0 Å². The molecule has 3 rings (SSSR count). The molecule has 124 valence electrons. The highest BCUT2D eigenvalue weighted by Crippen LogP contribution is 2.27. The molecule has 0 spiro atoms. The highest BCUT2D eigenvalue weighted by atomic mass is 35.5. The van der Waals surface area contributed by atoms with E-state index < -0.39 is 17.3 Å². The fraction of sp³-hybridized carbons (Fsp3) is 0.167. The molecule has 0 aliphatic heterocycles. The Kier molecular flexibility index (Phi) is 4.30. The minimum atomic E-state index is -1.45. The summed E-state index contributed by atoms with van der Waals surface area (Å²) >= 11 is 5.86. The van der Waals surface area contributed by atoms with Crippen LogP contribution in [0.4, 0.5) is 4.39 Å². The SMILES string of the molecule is CC(O)(CNC(=O)c1c(F)cccc1Cl)c1cc2ccccc2o1. The average molecular weight is 348 g/mol. The van der Waals surface area contributed by atoms with E-state index in [9.17, 15) is 14.3 Å². The van der Waals surface area contributed by atoms with Crippen LogP contribution < -0.4 is 5.32 Å². The summed E-state index contributed by atoms with van der Waals surface area (Å²) in [6, 6.07) is 13.0. The number of rotatable bonds is 4. The molecule has 4 nitrogen and oxygen atoms in total. The molecule has 6 heteroatoms. The molecule has 2 N–H and O–H groups in total. The van der Waals surface area contributed by atoms with Crippen LogP contribution in [0.5, 0.6) is 0 Å². The predicted molar refractivity (Wildman–Crippen MR) is 89.5 cm³/mol. The van der Waals surface area contributed by atoms with E-state index in [1.807, 2.05) is 18.2 Å². The number of furan rings is 1. The van der Waals surface area contributed by atoms with Gasteiger partial charge in [0.15, 0.2) is 0 Å². The molecule has 1 atom stereocenters. The molecule has 0 fully saturated rings. The van der Waals surface area contributed by atoms with Crippen LogP contribution >= 0.6 is 11.6 Å². The molecule has 3 aromatic rings. The quantitative estimate of drug-likeness (QED) is 0.753. The molecule has 0 aliphatic rings. The third-order valence-corrected chi connectivity index (χ3v) is 4.05. The first-order valence-electron chi connectivity index (χ1n) is 7.32. The molecule has 0 bridgehead atoms. The third kappa shape index (κ3) is 3.13. The van der Waals surface area contributed by atoms with Crippen LogP contribution in [0.3, 0.4) is 0 Å². The van der Waals surface area contributed by atoms with Gasteiger partial charge >= 0.3 is 0 Å². The Balaban J connectivity index is 1.78. The number of carbonyl (C=O) groups excluding carboxylic acids is 1. The lowest BCUT2D eigenvalue weighted by atomic mass is 10.0. The molecule has 24 heavy (non-hydrogen) atoms. The lowest BCUT2D eigenvalue weighted by molar-refractivity contribution is 0.0344.